The number of carboxylic acid groups (broad SMARTS) is 1. The van der Waals surface area contributed by atoms with Crippen LogP contribution in [0.2, 0.25) is 0 Å². The highest BCUT2D eigenvalue weighted by Crippen LogP contribution is 2.32. The summed E-state index contributed by atoms with van der Waals surface area (Å²) in [6.07, 6.45) is 2.87. The van der Waals surface area contributed by atoms with Crippen LogP contribution in [0.3, 0.4) is 0 Å². The van der Waals surface area contributed by atoms with E-state index in [4.69, 9.17) is 5.11 Å². The molecule has 0 aliphatic heterocycles. The van der Waals surface area contributed by atoms with Crippen molar-refractivity contribution < 1.29 is 14.8 Å². The molecular weight excluding hydrogens is 260 g/mol. The van der Waals surface area contributed by atoms with Crippen molar-refractivity contribution in [2.75, 3.05) is 5.32 Å². The average Bonchev–Trinajstić information content (AvgIpc) is 2.41. The normalized spacial score (nSPS) is 22.2. The van der Waals surface area contributed by atoms with E-state index < -0.39 is 10.9 Å². The maximum absolute atomic E-state index is 11.1. The van der Waals surface area contributed by atoms with E-state index in [-0.39, 0.29) is 17.6 Å². The lowest BCUT2D eigenvalue weighted by Crippen LogP contribution is -2.31. The van der Waals surface area contributed by atoms with Gasteiger partial charge < -0.3 is 10.4 Å². The molecule has 0 radical (unpaired) electrons. The minimum Gasteiger partial charge on any atom is -0.481 e. The maximum Gasteiger partial charge on any atom is 0.306 e. The molecule has 1 aromatic rings. The molecule has 1 aromatic carbocycles. The predicted molar refractivity (Wildman–Crippen MR) is 74.8 cm³/mol. The lowest BCUT2D eigenvalue weighted by Gasteiger charge is -2.28. The Morgan fingerprint density at radius 3 is 2.85 bits per heavy atom. The molecule has 0 aromatic heterocycles. The Morgan fingerprint density at radius 1 is 1.45 bits per heavy atom. The van der Waals surface area contributed by atoms with Crippen molar-refractivity contribution in [3.63, 3.8) is 0 Å². The van der Waals surface area contributed by atoms with E-state index in [0.29, 0.717) is 18.5 Å². The molecular formula is C14H18N2O4. The zero-order valence-electron chi connectivity index (χ0n) is 11.3. The number of rotatable bonds is 4. The average molecular weight is 278 g/mol. The third-order valence-corrected chi connectivity index (χ3v) is 3.82. The number of carbonyl (C=O) groups is 1. The maximum atomic E-state index is 11.1. The first kappa shape index (κ1) is 14.3. The van der Waals surface area contributed by atoms with Crippen LogP contribution in [0.1, 0.15) is 31.2 Å². The second-order valence-corrected chi connectivity index (χ2v) is 5.27. The van der Waals surface area contributed by atoms with E-state index in [9.17, 15) is 14.9 Å². The first-order valence-electron chi connectivity index (χ1n) is 6.72. The van der Waals surface area contributed by atoms with Gasteiger partial charge in [0.05, 0.1) is 10.8 Å². The van der Waals surface area contributed by atoms with Crippen LogP contribution in [0, 0.1) is 23.0 Å². The minimum atomic E-state index is -0.782. The monoisotopic (exact) mass is 278 g/mol. The summed E-state index contributed by atoms with van der Waals surface area (Å²) in [4.78, 5) is 21.7. The van der Waals surface area contributed by atoms with Crippen LogP contribution < -0.4 is 5.32 Å². The lowest BCUT2D eigenvalue weighted by molar-refractivity contribution is -0.384. The highest BCUT2D eigenvalue weighted by molar-refractivity contribution is 5.71. The van der Waals surface area contributed by atoms with Gasteiger partial charge in [-0.1, -0.05) is 18.6 Å². The Morgan fingerprint density at radius 2 is 2.20 bits per heavy atom. The van der Waals surface area contributed by atoms with Gasteiger partial charge in [-0.25, -0.2) is 0 Å². The quantitative estimate of drug-likeness (QED) is 0.652. The van der Waals surface area contributed by atoms with Crippen molar-refractivity contribution in [3.05, 3.63) is 33.9 Å². The summed E-state index contributed by atoms with van der Waals surface area (Å²) in [5.41, 5.74) is 1.35. The molecule has 1 fully saturated rings. The standard InChI is InChI=1S/C14H18N2O4/c1-9-4-2-7-12(16(19)20)13(9)15-11-6-3-5-10(8-11)14(17)18/h2,4,7,10-11,15H,3,5-6,8H2,1H3,(H,17,18). The molecule has 6 heteroatoms. The zero-order chi connectivity index (χ0) is 14.7. The summed E-state index contributed by atoms with van der Waals surface area (Å²) in [6, 6.07) is 4.91. The van der Waals surface area contributed by atoms with Gasteiger partial charge in [0.2, 0.25) is 0 Å². The molecule has 6 nitrogen and oxygen atoms in total. The van der Waals surface area contributed by atoms with E-state index in [1.807, 2.05) is 13.0 Å². The van der Waals surface area contributed by atoms with Gasteiger partial charge in [-0.3, -0.25) is 14.9 Å². The number of nitro benzene ring substituents is 1. The van der Waals surface area contributed by atoms with Crippen molar-refractivity contribution in [3.8, 4) is 0 Å². The molecule has 0 saturated heterocycles. The molecule has 0 bridgehead atoms. The Labute approximate surface area is 117 Å². The molecule has 20 heavy (non-hydrogen) atoms. The number of nitro groups is 1. The number of aryl methyl sites for hydroxylation is 1. The summed E-state index contributed by atoms with van der Waals surface area (Å²) < 4.78 is 0. The van der Waals surface area contributed by atoms with Crippen molar-refractivity contribution >= 4 is 17.3 Å². The van der Waals surface area contributed by atoms with E-state index in [1.54, 1.807) is 6.07 Å². The van der Waals surface area contributed by atoms with Crippen LogP contribution in [0.15, 0.2) is 18.2 Å². The number of anilines is 1. The fourth-order valence-corrected chi connectivity index (χ4v) is 2.74. The lowest BCUT2D eigenvalue weighted by atomic mass is 9.85. The van der Waals surface area contributed by atoms with E-state index in [1.165, 1.54) is 6.07 Å². The fourth-order valence-electron chi connectivity index (χ4n) is 2.74. The van der Waals surface area contributed by atoms with Crippen LogP contribution in [0.5, 0.6) is 0 Å². The Hall–Kier alpha value is -2.11. The molecule has 0 heterocycles. The molecule has 1 aliphatic rings. The van der Waals surface area contributed by atoms with Gasteiger partial charge >= 0.3 is 5.97 Å². The molecule has 2 N–H and O–H groups in total. The van der Waals surface area contributed by atoms with Crippen molar-refractivity contribution in [1.82, 2.24) is 0 Å². The highest BCUT2D eigenvalue weighted by atomic mass is 16.6. The highest BCUT2D eigenvalue weighted by Gasteiger charge is 2.28. The smallest absolute Gasteiger partial charge is 0.306 e. The SMILES string of the molecule is Cc1cccc([N+](=O)[O-])c1NC1CCCC(C(=O)O)C1. The van der Waals surface area contributed by atoms with E-state index in [0.717, 1.165) is 18.4 Å². The van der Waals surface area contributed by atoms with Gasteiger partial charge in [0.15, 0.2) is 0 Å². The van der Waals surface area contributed by atoms with Gasteiger partial charge in [0.25, 0.3) is 5.69 Å². The molecule has 1 aliphatic carbocycles. The largest absolute Gasteiger partial charge is 0.481 e. The van der Waals surface area contributed by atoms with Crippen LogP contribution >= 0.6 is 0 Å². The zero-order valence-corrected chi connectivity index (χ0v) is 11.3. The van der Waals surface area contributed by atoms with Gasteiger partial charge in [0, 0.05) is 12.1 Å². The Bertz CT molecular complexity index is 530. The topological polar surface area (TPSA) is 92.5 Å². The fraction of sp³-hybridized carbons (Fsp3) is 0.500. The van der Waals surface area contributed by atoms with Gasteiger partial charge in [-0.15, -0.1) is 0 Å². The summed E-state index contributed by atoms with van der Waals surface area (Å²) in [5.74, 6) is -1.14. The third-order valence-electron chi connectivity index (χ3n) is 3.82. The van der Waals surface area contributed by atoms with Gasteiger partial charge in [0.1, 0.15) is 5.69 Å². The second kappa shape index (κ2) is 5.90. The minimum absolute atomic E-state index is 0.0235. The van der Waals surface area contributed by atoms with Crippen LogP contribution in [-0.2, 0) is 4.79 Å². The number of hydrogen-bond donors (Lipinski definition) is 2. The first-order valence-corrected chi connectivity index (χ1v) is 6.72. The van der Waals surface area contributed by atoms with Crippen LogP contribution in [-0.4, -0.2) is 22.0 Å². The number of nitrogens with one attached hydrogen (secondary N) is 1. The van der Waals surface area contributed by atoms with Crippen LogP contribution in [0.25, 0.3) is 0 Å². The molecule has 1 saturated carbocycles. The number of nitrogens with zero attached hydrogens (tertiary/aromatic N) is 1. The second-order valence-electron chi connectivity index (χ2n) is 5.27. The van der Waals surface area contributed by atoms with Crippen molar-refractivity contribution in [2.24, 2.45) is 5.92 Å². The molecule has 2 rings (SSSR count). The van der Waals surface area contributed by atoms with Gasteiger partial charge in [-0.05, 0) is 31.7 Å². The number of hydrogen-bond acceptors (Lipinski definition) is 4. The third kappa shape index (κ3) is 3.07. The predicted octanol–water partition coefficient (Wildman–Crippen LogP) is 2.96. The molecule has 2 atom stereocenters. The number of para-hydroxylation sites is 1. The number of carboxylic acids is 1. The summed E-state index contributed by atoms with van der Waals surface area (Å²) >= 11 is 0. The number of aliphatic carboxylic acids is 1. The van der Waals surface area contributed by atoms with Gasteiger partial charge in [-0.2, -0.15) is 0 Å². The summed E-state index contributed by atoms with van der Waals surface area (Å²) in [5, 5.41) is 23.3. The molecule has 0 spiro atoms. The van der Waals surface area contributed by atoms with Crippen molar-refractivity contribution in [2.45, 2.75) is 38.6 Å². The molecule has 108 valence electrons. The summed E-state index contributed by atoms with van der Waals surface area (Å²) in [6.45, 7) is 1.81. The Kier molecular flexibility index (Phi) is 4.22. The van der Waals surface area contributed by atoms with E-state index in [2.05, 4.69) is 5.32 Å². The number of benzene rings is 1. The van der Waals surface area contributed by atoms with Crippen LogP contribution in [0.4, 0.5) is 11.4 Å². The molecule has 0 amide bonds. The van der Waals surface area contributed by atoms with E-state index >= 15 is 0 Å². The van der Waals surface area contributed by atoms with Crippen molar-refractivity contribution in [1.29, 1.82) is 0 Å². The Balaban J connectivity index is 2.17. The molecule has 2 unspecified atom stereocenters. The summed E-state index contributed by atoms with van der Waals surface area (Å²) in [7, 11) is 0. The first-order chi connectivity index (χ1) is 9.49.